The molecule has 0 aromatic heterocycles. The maximum Gasteiger partial charge on any atom is 0.331 e. The van der Waals surface area contributed by atoms with Crippen molar-refractivity contribution in [2.45, 2.75) is 207 Å². The van der Waals surface area contributed by atoms with Crippen LogP contribution in [-0.2, 0) is 32.6 Å². The summed E-state index contributed by atoms with van der Waals surface area (Å²) in [5.74, 6) is -2.18. The number of hydrogen-bond acceptors (Lipinski definition) is 9. The summed E-state index contributed by atoms with van der Waals surface area (Å²) in [5, 5.41) is 31.8. The third-order valence-corrected chi connectivity index (χ3v) is 23.0. The molecule has 0 saturated carbocycles. The molecule has 1 saturated heterocycles. The van der Waals surface area contributed by atoms with Crippen LogP contribution in [0.15, 0.2) is 58.7 Å². The van der Waals surface area contributed by atoms with E-state index in [2.05, 4.69) is 74.6 Å². The first kappa shape index (κ1) is 58.3. The Kier molecular flexibility index (Phi) is 25.4. The van der Waals surface area contributed by atoms with Crippen molar-refractivity contribution in [3.05, 3.63) is 58.7 Å². The zero-order valence-electron chi connectivity index (χ0n) is 42.4. The van der Waals surface area contributed by atoms with Gasteiger partial charge in [0, 0.05) is 57.5 Å². The Morgan fingerprint density at radius 2 is 1.53 bits per heavy atom. The van der Waals surface area contributed by atoms with E-state index in [1.807, 2.05) is 52.0 Å². The number of carboxylic acids is 1. The third kappa shape index (κ3) is 18.3. The van der Waals surface area contributed by atoms with E-state index in [-0.39, 0.29) is 52.8 Å². The highest BCUT2D eigenvalue weighted by atomic mass is 28.4. The lowest BCUT2D eigenvalue weighted by Gasteiger charge is -2.54. The highest BCUT2D eigenvalue weighted by Crippen LogP contribution is 2.47. The second kappa shape index (κ2) is 27.1. The number of hydrogen-bond donors (Lipinski definition) is 3. The maximum atomic E-state index is 11.8. The minimum Gasteiger partial charge on any atom is -0.478 e. The quantitative estimate of drug-likeness (QED) is 0.0302. The fraction of sp³-hybridized carbons (Fsp3) is 0.780. The second-order valence-electron chi connectivity index (χ2n) is 19.8. The molecular weight excluding hydrogens is 817 g/mol. The van der Waals surface area contributed by atoms with Gasteiger partial charge in [-0.1, -0.05) is 109 Å². The summed E-state index contributed by atoms with van der Waals surface area (Å²) in [5.41, 5.74) is 3.14. The van der Waals surface area contributed by atoms with Crippen molar-refractivity contribution in [3.8, 4) is 0 Å². The van der Waals surface area contributed by atoms with Crippen LogP contribution in [0, 0.1) is 17.8 Å². The van der Waals surface area contributed by atoms with E-state index in [9.17, 15) is 15.0 Å². The minimum absolute atomic E-state index is 0.0429. The molecule has 0 amide bonds. The summed E-state index contributed by atoms with van der Waals surface area (Å²) >= 11 is 0. The highest BCUT2D eigenvalue weighted by molar-refractivity contribution is 6.74. The molecule has 62 heavy (non-hydrogen) atoms. The van der Waals surface area contributed by atoms with E-state index in [4.69, 9.17) is 32.9 Å². The van der Waals surface area contributed by atoms with Crippen LogP contribution in [0.2, 0.25) is 36.3 Å². The Balaban J connectivity index is 3.15. The fourth-order valence-corrected chi connectivity index (χ4v) is 12.8. The number of unbranched alkanes of at least 4 members (excludes halogenated alkanes) is 1. The molecule has 10 atom stereocenters. The second-order valence-corrected chi connectivity index (χ2v) is 29.3. The summed E-state index contributed by atoms with van der Waals surface area (Å²) in [4.78, 5) is 11.1. The average Bonchev–Trinajstić information content (AvgIpc) is 3.19. The van der Waals surface area contributed by atoms with E-state index in [0.29, 0.717) is 25.9 Å². The molecule has 360 valence electrons. The minimum atomic E-state index is -2.12. The summed E-state index contributed by atoms with van der Waals surface area (Å²) in [6, 6.07) is 3.12. The van der Waals surface area contributed by atoms with Crippen molar-refractivity contribution in [3.63, 3.8) is 0 Å². The number of methoxy groups -OCH3 is 3. The van der Waals surface area contributed by atoms with Gasteiger partial charge in [-0.25, -0.2) is 4.79 Å². The van der Waals surface area contributed by atoms with Crippen LogP contribution in [0.5, 0.6) is 0 Å². The Labute approximate surface area is 380 Å². The van der Waals surface area contributed by atoms with Gasteiger partial charge in [-0.05, 0) is 95.7 Å². The van der Waals surface area contributed by atoms with Gasteiger partial charge in [0.05, 0.1) is 43.2 Å². The van der Waals surface area contributed by atoms with Crippen molar-refractivity contribution in [1.29, 1.82) is 0 Å². The monoisotopic (exact) mass is 909 g/mol. The average molecular weight is 909 g/mol. The Bertz CT molecular complexity index is 1480. The summed E-state index contributed by atoms with van der Waals surface area (Å²) in [6.07, 6.45) is 13.3. The number of carboxylic acid groups (broad SMARTS) is 1. The molecule has 0 aromatic rings. The van der Waals surface area contributed by atoms with Gasteiger partial charge in [-0.15, -0.1) is 0 Å². The van der Waals surface area contributed by atoms with Gasteiger partial charge in [-0.3, -0.25) is 0 Å². The van der Waals surface area contributed by atoms with Gasteiger partial charge >= 0.3 is 5.97 Å². The fourth-order valence-electron chi connectivity index (χ4n) is 8.47. The number of rotatable bonds is 28. The molecule has 0 spiro atoms. The molecule has 1 fully saturated rings. The van der Waals surface area contributed by atoms with Gasteiger partial charge in [0.25, 0.3) is 0 Å². The van der Waals surface area contributed by atoms with Gasteiger partial charge in [-0.2, -0.15) is 0 Å². The molecule has 0 bridgehead atoms. The van der Waals surface area contributed by atoms with E-state index in [1.54, 1.807) is 34.3 Å². The lowest BCUT2D eigenvalue weighted by molar-refractivity contribution is -0.337. The molecular formula is C50H92O10Si2. The first-order valence-electron chi connectivity index (χ1n) is 23.4. The SMILES string of the molecule is CC[Si](CC)(CC)O[C@H]1[C@@H](C)[C@@H](C[C@H](COC)O[Si](C)(C)C(C)(C)C)O[C@](C[C@@H](O)C[C@@H](CCC/C=C(C)/C=C/[C@@H](O)[C@H](C)/C=C(C)/C=C(C)/C=C(\C)C(=O)O)OC)(OC)[C@@H]1C. The molecule has 1 aliphatic heterocycles. The van der Waals surface area contributed by atoms with Crippen LogP contribution in [0.25, 0.3) is 0 Å². The predicted octanol–water partition coefficient (Wildman–Crippen LogP) is 11.6. The standard InChI is InChI=1S/C50H92O10Si2/c1-19-62(20-2,21-3)60-47-40(9)46(32-44(34-55-14)59-61(17,18)49(11,12)13)58-50(57-16,41(47)10)33-42(51)31-43(56-15)25-23-22-24-35(4)26-27-45(52)38(7)29-36(5)28-37(6)30-39(8)48(53)54/h24,26-30,38,40-47,51-52H,19-23,25,31-34H2,1-18H3,(H,53,54)/b27-26+,35-24+,36-29+,37-28+,39-30+/t38-,40+,41-,42+,43-,44-,45-,46-,47+,50+/m1/s1. The van der Waals surface area contributed by atoms with Gasteiger partial charge in [0.2, 0.25) is 0 Å². The number of carbonyl (C=O) groups is 1. The Morgan fingerprint density at radius 3 is 2.05 bits per heavy atom. The van der Waals surface area contributed by atoms with Crippen LogP contribution in [-0.4, -0.2) is 108 Å². The molecule has 12 heteroatoms. The van der Waals surface area contributed by atoms with E-state index < -0.39 is 40.6 Å². The first-order valence-corrected chi connectivity index (χ1v) is 28.8. The smallest absolute Gasteiger partial charge is 0.331 e. The number of aliphatic hydroxyl groups is 2. The van der Waals surface area contributed by atoms with Gasteiger partial charge in [0.15, 0.2) is 22.4 Å². The number of ether oxygens (including phenoxy) is 4. The van der Waals surface area contributed by atoms with Crippen LogP contribution in [0.3, 0.4) is 0 Å². The van der Waals surface area contributed by atoms with E-state index in [0.717, 1.165) is 54.1 Å². The Morgan fingerprint density at radius 1 is 0.919 bits per heavy atom. The number of aliphatic hydroxyl groups excluding tert-OH is 2. The van der Waals surface area contributed by atoms with Crippen LogP contribution in [0.1, 0.15) is 129 Å². The van der Waals surface area contributed by atoms with Crippen molar-refractivity contribution in [1.82, 2.24) is 0 Å². The summed E-state index contributed by atoms with van der Waals surface area (Å²) < 4.78 is 39.5. The molecule has 10 nitrogen and oxygen atoms in total. The van der Waals surface area contributed by atoms with Crippen molar-refractivity contribution < 1.29 is 47.9 Å². The van der Waals surface area contributed by atoms with Gasteiger partial charge in [0.1, 0.15) is 0 Å². The highest BCUT2D eigenvalue weighted by Gasteiger charge is 2.55. The molecule has 0 unspecified atom stereocenters. The molecule has 0 aliphatic carbocycles. The van der Waals surface area contributed by atoms with Crippen LogP contribution >= 0.6 is 0 Å². The lowest BCUT2D eigenvalue weighted by Crippen LogP contribution is -2.62. The number of aliphatic carboxylic acids is 1. The lowest BCUT2D eigenvalue weighted by atomic mass is 9.77. The zero-order valence-corrected chi connectivity index (χ0v) is 44.4. The topological polar surface area (TPSA) is 133 Å². The molecule has 0 aromatic carbocycles. The van der Waals surface area contributed by atoms with Crippen LogP contribution < -0.4 is 0 Å². The third-order valence-electron chi connectivity index (χ3n) is 13.9. The molecule has 1 heterocycles. The maximum absolute atomic E-state index is 11.8. The zero-order chi connectivity index (χ0) is 47.6. The largest absolute Gasteiger partial charge is 0.478 e. The summed E-state index contributed by atoms with van der Waals surface area (Å²) in [6.45, 7) is 32.4. The van der Waals surface area contributed by atoms with Gasteiger partial charge < -0.3 is 43.1 Å². The first-order chi connectivity index (χ1) is 28.8. The van der Waals surface area contributed by atoms with Crippen LogP contribution in [0.4, 0.5) is 0 Å². The molecule has 1 rings (SSSR count). The predicted molar refractivity (Wildman–Crippen MR) is 260 cm³/mol. The Hall–Kier alpha value is -1.72. The molecule has 3 N–H and O–H groups in total. The summed E-state index contributed by atoms with van der Waals surface area (Å²) in [7, 11) is 0.994. The van der Waals surface area contributed by atoms with Crippen molar-refractivity contribution >= 4 is 22.6 Å². The normalized spacial score (nSPS) is 25.2. The van der Waals surface area contributed by atoms with E-state index >= 15 is 0 Å². The number of allylic oxidation sites excluding steroid dienone is 7. The van der Waals surface area contributed by atoms with Crippen molar-refractivity contribution in [2.24, 2.45) is 17.8 Å². The molecule has 1 aliphatic rings. The van der Waals surface area contributed by atoms with E-state index in [1.165, 1.54) is 0 Å². The van der Waals surface area contributed by atoms with Crippen molar-refractivity contribution in [2.75, 3.05) is 27.9 Å². The molecule has 0 radical (unpaired) electrons.